The van der Waals surface area contributed by atoms with Gasteiger partial charge in [-0.1, -0.05) is 18.2 Å². The van der Waals surface area contributed by atoms with Crippen LogP contribution in [0.4, 0.5) is 0 Å². The molecule has 2 atom stereocenters. The van der Waals surface area contributed by atoms with E-state index < -0.39 is 16.9 Å². The van der Waals surface area contributed by atoms with Crippen molar-refractivity contribution in [1.29, 1.82) is 0 Å². The largest absolute Gasteiger partial charge is 0.493 e. The van der Waals surface area contributed by atoms with Crippen molar-refractivity contribution in [1.82, 2.24) is 19.1 Å². The lowest BCUT2D eigenvalue weighted by Crippen LogP contribution is -2.44. The molecule has 0 aliphatic carbocycles. The number of benzene rings is 1. The molecule has 2 aliphatic heterocycles. The standard InChI is InChI=1S/C27H30N4O6/c1-17-6-2-3-7-21(17)35-16-18-14-19-8-9-20(15-18)29(19)12-4-5-13-30-27(34)31-23(28-30)11-10-22-24(31)37-26(33)25(32)36-22/h2-3,6-7,10-11,18-20H,4-5,8-9,12-16H2,1H3. The van der Waals surface area contributed by atoms with E-state index in [1.807, 2.05) is 18.2 Å². The van der Waals surface area contributed by atoms with Crippen LogP contribution in [0.25, 0.3) is 16.9 Å². The number of rotatable bonds is 8. The van der Waals surface area contributed by atoms with Crippen LogP contribution in [0.5, 0.6) is 5.75 Å². The highest BCUT2D eigenvalue weighted by Crippen LogP contribution is 2.39. The molecule has 37 heavy (non-hydrogen) atoms. The van der Waals surface area contributed by atoms with Crippen LogP contribution < -0.4 is 21.7 Å². The van der Waals surface area contributed by atoms with E-state index in [-0.39, 0.29) is 11.3 Å². The zero-order valence-electron chi connectivity index (χ0n) is 20.8. The fourth-order valence-electron chi connectivity index (χ4n) is 6.02. The molecule has 10 heteroatoms. The van der Waals surface area contributed by atoms with E-state index in [0.29, 0.717) is 30.2 Å². The van der Waals surface area contributed by atoms with Gasteiger partial charge in [0.15, 0.2) is 11.2 Å². The van der Waals surface area contributed by atoms with Crippen molar-refractivity contribution in [3.63, 3.8) is 0 Å². The monoisotopic (exact) mass is 506 g/mol. The van der Waals surface area contributed by atoms with Gasteiger partial charge in [-0.25, -0.2) is 23.5 Å². The molecule has 2 saturated heterocycles. The first-order valence-corrected chi connectivity index (χ1v) is 13.0. The molecule has 6 rings (SSSR count). The van der Waals surface area contributed by atoms with Gasteiger partial charge in [0.1, 0.15) is 5.75 Å². The summed E-state index contributed by atoms with van der Waals surface area (Å²) in [5.41, 5.74) is -1.25. The molecule has 0 spiro atoms. The summed E-state index contributed by atoms with van der Waals surface area (Å²) < 4.78 is 18.7. The fraction of sp³-hybridized carbons (Fsp3) is 0.481. The number of unbranched alkanes of at least 4 members (excludes halogenated alkanes) is 1. The third-order valence-electron chi connectivity index (χ3n) is 7.81. The lowest BCUT2D eigenvalue weighted by molar-refractivity contribution is 0.0780. The van der Waals surface area contributed by atoms with Crippen LogP contribution in [0.15, 0.2) is 59.6 Å². The summed E-state index contributed by atoms with van der Waals surface area (Å²) in [6.07, 6.45) is 6.59. The molecule has 1 aromatic carbocycles. The molecule has 4 aromatic rings. The van der Waals surface area contributed by atoms with Gasteiger partial charge < -0.3 is 13.6 Å². The fourth-order valence-corrected chi connectivity index (χ4v) is 6.02. The Morgan fingerprint density at radius 3 is 2.46 bits per heavy atom. The van der Waals surface area contributed by atoms with Gasteiger partial charge in [-0.15, -0.1) is 5.10 Å². The van der Waals surface area contributed by atoms with Gasteiger partial charge in [0.2, 0.25) is 0 Å². The Morgan fingerprint density at radius 2 is 1.68 bits per heavy atom. The summed E-state index contributed by atoms with van der Waals surface area (Å²) in [6, 6.07) is 12.4. The minimum absolute atomic E-state index is 0.0296. The van der Waals surface area contributed by atoms with Crippen molar-refractivity contribution < 1.29 is 13.6 Å². The molecule has 5 heterocycles. The molecule has 0 N–H and O–H groups in total. The summed E-state index contributed by atoms with van der Waals surface area (Å²) >= 11 is 0. The second kappa shape index (κ2) is 9.66. The van der Waals surface area contributed by atoms with E-state index in [1.54, 1.807) is 6.07 Å². The molecule has 3 aromatic heterocycles. The molecule has 0 saturated carbocycles. The van der Waals surface area contributed by atoms with Crippen molar-refractivity contribution in [3.05, 3.63) is 73.3 Å². The highest BCUT2D eigenvalue weighted by Gasteiger charge is 2.40. The Kier molecular flexibility index (Phi) is 6.19. The van der Waals surface area contributed by atoms with Crippen molar-refractivity contribution in [2.45, 2.75) is 64.1 Å². The quantitative estimate of drug-likeness (QED) is 0.265. The first kappa shape index (κ1) is 23.7. The zero-order valence-corrected chi connectivity index (χ0v) is 20.8. The lowest BCUT2D eigenvalue weighted by atomic mass is 9.91. The van der Waals surface area contributed by atoms with E-state index in [4.69, 9.17) is 13.6 Å². The number of fused-ring (bicyclic) bond motifs is 5. The van der Waals surface area contributed by atoms with Crippen LogP contribution in [0.1, 0.15) is 44.1 Å². The zero-order chi connectivity index (χ0) is 25.5. The summed E-state index contributed by atoms with van der Waals surface area (Å²) in [5.74, 6) is 1.57. The normalized spacial score (nSPS) is 21.7. The van der Waals surface area contributed by atoms with Crippen molar-refractivity contribution in [3.8, 4) is 5.75 Å². The molecule has 194 valence electrons. The van der Waals surface area contributed by atoms with Gasteiger partial charge >= 0.3 is 16.9 Å². The van der Waals surface area contributed by atoms with Crippen LogP contribution in [0.3, 0.4) is 0 Å². The molecule has 0 radical (unpaired) electrons. The molecule has 10 nitrogen and oxygen atoms in total. The minimum Gasteiger partial charge on any atom is -0.493 e. The van der Waals surface area contributed by atoms with E-state index in [0.717, 1.165) is 31.7 Å². The van der Waals surface area contributed by atoms with Gasteiger partial charge in [-0.3, -0.25) is 4.90 Å². The molecule has 0 amide bonds. The Labute approximate surface area is 212 Å². The number of aryl methyl sites for hydroxylation is 2. The maximum atomic E-state index is 12.9. The first-order valence-electron chi connectivity index (χ1n) is 13.0. The predicted molar refractivity (Wildman–Crippen MR) is 136 cm³/mol. The van der Waals surface area contributed by atoms with Crippen LogP contribution in [0, 0.1) is 12.8 Å². The SMILES string of the molecule is Cc1ccccc1OCC1CC2CCC(C1)N2CCCCn1nc2ccc3oc(=O)c(=O)oc3n2c1=O. The summed E-state index contributed by atoms with van der Waals surface area (Å²) in [5, 5.41) is 4.36. The van der Waals surface area contributed by atoms with E-state index in [9.17, 15) is 14.4 Å². The van der Waals surface area contributed by atoms with Crippen LogP contribution in [-0.4, -0.2) is 44.3 Å². The van der Waals surface area contributed by atoms with Crippen molar-refractivity contribution in [2.75, 3.05) is 13.2 Å². The number of ether oxygens (including phenoxy) is 1. The second-order valence-electron chi connectivity index (χ2n) is 10.2. The molecule has 2 fully saturated rings. The van der Waals surface area contributed by atoms with Gasteiger partial charge in [0.05, 0.1) is 6.61 Å². The van der Waals surface area contributed by atoms with Crippen LogP contribution in [-0.2, 0) is 6.54 Å². The molecule has 2 bridgehead atoms. The lowest BCUT2D eigenvalue weighted by Gasteiger charge is -2.39. The van der Waals surface area contributed by atoms with Crippen molar-refractivity contribution in [2.24, 2.45) is 5.92 Å². The molecular formula is C27H30N4O6. The highest BCUT2D eigenvalue weighted by molar-refractivity contribution is 5.69. The molecule has 2 aliphatic rings. The third-order valence-corrected chi connectivity index (χ3v) is 7.81. The van der Waals surface area contributed by atoms with Gasteiger partial charge in [-0.05, 0) is 81.7 Å². The topological polar surface area (TPSA) is 112 Å². The highest BCUT2D eigenvalue weighted by atomic mass is 16.5. The predicted octanol–water partition coefficient (Wildman–Crippen LogP) is 2.97. The number of piperidine rings is 1. The van der Waals surface area contributed by atoms with Gasteiger partial charge in [0.25, 0.3) is 5.71 Å². The number of para-hydroxylation sites is 1. The number of hydrogen-bond acceptors (Lipinski definition) is 8. The summed E-state index contributed by atoms with van der Waals surface area (Å²) in [6.45, 7) is 4.33. The summed E-state index contributed by atoms with van der Waals surface area (Å²) in [4.78, 5) is 38.6. The Morgan fingerprint density at radius 1 is 0.946 bits per heavy atom. The molecular weight excluding hydrogens is 476 g/mol. The minimum atomic E-state index is -1.15. The maximum absolute atomic E-state index is 12.9. The third kappa shape index (κ3) is 4.50. The second-order valence-corrected chi connectivity index (χ2v) is 10.2. The average molecular weight is 507 g/mol. The number of aromatic nitrogens is 3. The Hall–Kier alpha value is -3.66. The molecule has 2 unspecified atom stereocenters. The van der Waals surface area contributed by atoms with E-state index in [2.05, 4.69) is 23.0 Å². The van der Waals surface area contributed by atoms with Crippen molar-refractivity contribution >= 4 is 16.9 Å². The smallest absolute Gasteiger partial charge is 0.424 e. The first-order chi connectivity index (χ1) is 18.0. The Bertz CT molecular complexity index is 1600. The van der Waals surface area contributed by atoms with E-state index in [1.165, 1.54) is 46.4 Å². The number of pyridine rings is 1. The average Bonchev–Trinajstić information content (AvgIpc) is 3.33. The summed E-state index contributed by atoms with van der Waals surface area (Å²) in [7, 11) is 0. The number of hydrogen-bond donors (Lipinski definition) is 0. The Balaban J connectivity index is 1.05. The van der Waals surface area contributed by atoms with Gasteiger partial charge in [0, 0.05) is 18.6 Å². The van der Waals surface area contributed by atoms with Crippen LogP contribution in [0.2, 0.25) is 0 Å². The van der Waals surface area contributed by atoms with Crippen LogP contribution >= 0.6 is 0 Å². The maximum Gasteiger partial charge on any atom is 0.424 e. The van der Waals surface area contributed by atoms with E-state index >= 15 is 0 Å². The van der Waals surface area contributed by atoms with Gasteiger partial charge in [-0.2, -0.15) is 0 Å². The number of nitrogens with zero attached hydrogens (tertiary/aromatic N) is 4.